The quantitative estimate of drug-likeness (QED) is 0.598. The largest absolute Gasteiger partial charge is 0.316 e. The fourth-order valence-corrected chi connectivity index (χ4v) is 1.59. The van der Waals surface area contributed by atoms with Crippen LogP contribution in [0.4, 0.5) is 0 Å². The molecule has 1 heterocycles. The van der Waals surface area contributed by atoms with Crippen LogP contribution in [0.3, 0.4) is 0 Å². The van der Waals surface area contributed by atoms with E-state index >= 15 is 0 Å². The third kappa shape index (κ3) is 1.04. The SMILES string of the molecule is CN1C(=O)c2ccccc2[C@H](N)C1=O. The molecule has 72 valence electrons. The number of carbonyl (C=O) groups is 2. The Morgan fingerprint density at radius 3 is 2.64 bits per heavy atom. The van der Waals surface area contributed by atoms with Gasteiger partial charge in [-0.3, -0.25) is 14.5 Å². The van der Waals surface area contributed by atoms with Gasteiger partial charge in [0, 0.05) is 12.6 Å². The van der Waals surface area contributed by atoms with E-state index < -0.39 is 6.04 Å². The Morgan fingerprint density at radius 1 is 1.29 bits per heavy atom. The molecule has 1 aromatic rings. The lowest BCUT2D eigenvalue weighted by Gasteiger charge is -2.27. The molecule has 0 bridgehead atoms. The Bertz CT molecular complexity index is 414. The predicted molar refractivity (Wildman–Crippen MR) is 50.5 cm³/mol. The number of carbonyl (C=O) groups excluding carboxylic acids is 2. The molecule has 0 unspecified atom stereocenters. The van der Waals surface area contributed by atoms with Gasteiger partial charge in [-0.1, -0.05) is 18.2 Å². The number of nitrogens with zero attached hydrogens (tertiary/aromatic N) is 1. The van der Waals surface area contributed by atoms with Gasteiger partial charge < -0.3 is 5.73 Å². The Labute approximate surface area is 81.3 Å². The molecule has 0 aliphatic carbocycles. The minimum absolute atomic E-state index is 0.285. The van der Waals surface area contributed by atoms with Crippen molar-refractivity contribution in [3.05, 3.63) is 35.4 Å². The van der Waals surface area contributed by atoms with Gasteiger partial charge in [-0.15, -0.1) is 0 Å². The van der Waals surface area contributed by atoms with E-state index in [-0.39, 0.29) is 11.8 Å². The van der Waals surface area contributed by atoms with E-state index in [2.05, 4.69) is 0 Å². The van der Waals surface area contributed by atoms with Gasteiger partial charge in [0.1, 0.15) is 6.04 Å². The van der Waals surface area contributed by atoms with Crippen LogP contribution < -0.4 is 5.73 Å². The average molecular weight is 190 g/mol. The summed E-state index contributed by atoms with van der Waals surface area (Å²) in [7, 11) is 1.44. The normalized spacial score (nSPS) is 21.0. The summed E-state index contributed by atoms with van der Waals surface area (Å²) in [4.78, 5) is 24.2. The minimum Gasteiger partial charge on any atom is -0.316 e. The van der Waals surface area contributed by atoms with Crippen molar-refractivity contribution in [2.24, 2.45) is 5.73 Å². The van der Waals surface area contributed by atoms with Crippen LogP contribution in [-0.2, 0) is 4.79 Å². The van der Waals surface area contributed by atoms with E-state index in [9.17, 15) is 9.59 Å². The monoisotopic (exact) mass is 190 g/mol. The Hall–Kier alpha value is -1.68. The van der Waals surface area contributed by atoms with Crippen LogP contribution in [0.2, 0.25) is 0 Å². The molecule has 0 aromatic heterocycles. The number of rotatable bonds is 0. The van der Waals surface area contributed by atoms with E-state index in [0.29, 0.717) is 11.1 Å². The molecule has 2 rings (SSSR count). The molecular formula is C10H10N2O2. The summed E-state index contributed by atoms with van der Waals surface area (Å²) in [6, 6.07) is 6.20. The molecule has 1 atom stereocenters. The fourth-order valence-electron chi connectivity index (χ4n) is 1.59. The summed E-state index contributed by atoms with van der Waals surface area (Å²) in [6.45, 7) is 0. The highest BCUT2D eigenvalue weighted by molar-refractivity contribution is 6.10. The standard InChI is InChI=1S/C10H10N2O2/c1-12-9(13)7-5-3-2-4-6(7)8(11)10(12)14/h2-5,8H,11H2,1H3/t8-/m0/s1. The first kappa shape index (κ1) is 8.90. The minimum atomic E-state index is -0.714. The Balaban J connectivity index is 2.62. The van der Waals surface area contributed by atoms with Gasteiger partial charge in [-0.2, -0.15) is 0 Å². The Kier molecular flexibility index (Phi) is 1.86. The third-order valence-electron chi connectivity index (χ3n) is 2.43. The molecule has 14 heavy (non-hydrogen) atoms. The van der Waals surface area contributed by atoms with Crippen molar-refractivity contribution in [1.29, 1.82) is 0 Å². The van der Waals surface area contributed by atoms with E-state index in [1.54, 1.807) is 24.3 Å². The predicted octanol–water partition coefficient (Wildman–Crippen LogP) is 0.299. The molecule has 1 aromatic carbocycles. The van der Waals surface area contributed by atoms with Gasteiger partial charge >= 0.3 is 0 Å². The van der Waals surface area contributed by atoms with Crippen LogP contribution in [0.1, 0.15) is 22.0 Å². The van der Waals surface area contributed by atoms with E-state index in [1.165, 1.54) is 7.05 Å². The molecule has 4 heteroatoms. The number of hydrogen-bond donors (Lipinski definition) is 1. The van der Waals surface area contributed by atoms with Crippen molar-refractivity contribution >= 4 is 11.8 Å². The molecule has 0 radical (unpaired) electrons. The van der Waals surface area contributed by atoms with Crippen molar-refractivity contribution in [3.63, 3.8) is 0 Å². The van der Waals surface area contributed by atoms with Gasteiger partial charge in [-0.25, -0.2) is 0 Å². The number of fused-ring (bicyclic) bond motifs is 1. The zero-order valence-corrected chi connectivity index (χ0v) is 7.73. The topological polar surface area (TPSA) is 63.4 Å². The second-order valence-electron chi connectivity index (χ2n) is 3.27. The lowest BCUT2D eigenvalue weighted by Crippen LogP contribution is -2.44. The van der Waals surface area contributed by atoms with Crippen LogP contribution in [0.15, 0.2) is 24.3 Å². The van der Waals surface area contributed by atoms with Gasteiger partial charge in [0.25, 0.3) is 11.8 Å². The molecule has 2 amide bonds. The van der Waals surface area contributed by atoms with Crippen molar-refractivity contribution in [1.82, 2.24) is 4.90 Å². The van der Waals surface area contributed by atoms with E-state index in [1.807, 2.05) is 0 Å². The molecule has 0 spiro atoms. The summed E-state index contributed by atoms with van der Waals surface area (Å²) >= 11 is 0. The second-order valence-corrected chi connectivity index (χ2v) is 3.27. The first-order chi connectivity index (χ1) is 6.63. The van der Waals surface area contributed by atoms with Crippen LogP contribution in [0.25, 0.3) is 0 Å². The second kappa shape index (κ2) is 2.92. The zero-order chi connectivity index (χ0) is 10.3. The smallest absolute Gasteiger partial charge is 0.260 e. The molecule has 0 saturated carbocycles. The number of hydrogen-bond acceptors (Lipinski definition) is 3. The maximum Gasteiger partial charge on any atom is 0.260 e. The first-order valence-electron chi connectivity index (χ1n) is 4.29. The van der Waals surface area contributed by atoms with Crippen molar-refractivity contribution < 1.29 is 9.59 Å². The number of nitrogens with two attached hydrogens (primary N) is 1. The van der Waals surface area contributed by atoms with Crippen LogP contribution >= 0.6 is 0 Å². The Morgan fingerprint density at radius 2 is 1.93 bits per heavy atom. The summed E-state index contributed by atoms with van der Waals surface area (Å²) < 4.78 is 0. The first-order valence-corrected chi connectivity index (χ1v) is 4.29. The highest BCUT2D eigenvalue weighted by Crippen LogP contribution is 2.24. The third-order valence-corrected chi connectivity index (χ3v) is 2.43. The number of likely N-dealkylation sites (N-methyl/N-ethyl adjacent to an activating group) is 1. The molecule has 2 N–H and O–H groups in total. The lowest BCUT2D eigenvalue weighted by atomic mass is 9.95. The van der Waals surface area contributed by atoms with Gasteiger partial charge in [-0.05, 0) is 11.6 Å². The maximum absolute atomic E-state index is 11.6. The maximum atomic E-state index is 11.6. The van der Waals surface area contributed by atoms with Gasteiger partial charge in [0.15, 0.2) is 0 Å². The molecular weight excluding hydrogens is 180 g/mol. The summed E-state index contributed by atoms with van der Waals surface area (Å²) in [5.41, 5.74) is 6.83. The van der Waals surface area contributed by atoms with Crippen LogP contribution in [-0.4, -0.2) is 23.8 Å². The molecule has 4 nitrogen and oxygen atoms in total. The zero-order valence-electron chi connectivity index (χ0n) is 7.73. The van der Waals surface area contributed by atoms with Crippen molar-refractivity contribution in [3.8, 4) is 0 Å². The summed E-state index contributed by atoms with van der Waals surface area (Å²) in [5.74, 6) is -0.638. The molecule has 0 saturated heterocycles. The number of benzene rings is 1. The fraction of sp³-hybridized carbons (Fsp3) is 0.200. The highest BCUT2D eigenvalue weighted by atomic mass is 16.2. The number of amides is 2. The lowest BCUT2D eigenvalue weighted by molar-refractivity contribution is -0.129. The molecule has 1 aliphatic heterocycles. The van der Waals surface area contributed by atoms with Crippen molar-refractivity contribution in [2.45, 2.75) is 6.04 Å². The average Bonchev–Trinajstić information content (AvgIpc) is 2.23. The van der Waals surface area contributed by atoms with Crippen LogP contribution in [0, 0.1) is 0 Å². The van der Waals surface area contributed by atoms with Gasteiger partial charge in [0.2, 0.25) is 0 Å². The van der Waals surface area contributed by atoms with Gasteiger partial charge in [0.05, 0.1) is 0 Å². The summed E-state index contributed by atoms with van der Waals surface area (Å²) in [6.07, 6.45) is 0. The number of imide groups is 1. The van der Waals surface area contributed by atoms with Crippen molar-refractivity contribution in [2.75, 3.05) is 7.05 Å². The van der Waals surface area contributed by atoms with E-state index in [4.69, 9.17) is 5.73 Å². The highest BCUT2D eigenvalue weighted by Gasteiger charge is 2.33. The van der Waals surface area contributed by atoms with E-state index in [0.717, 1.165) is 4.90 Å². The molecule has 0 fully saturated rings. The van der Waals surface area contributed by atoms with Crippen LogP contribution in [0.5, 0.6) is 0 Å². The molecule has 1 aliphatic rings. The summed E-state index contributed by atoms with van der Waals surface area (Å²) in [5, 5.41) is 0.